The fraction of sp³-hybridized carbons (Fsp3) is 0.533. The minimum absolute atomic E-state index is 0.0747. The number of hydrogen-bond acceptors (Lipinski definition) is 3. The first-order valence-electron chi connectivity index (χ1n) is 6.97. The van der Waals surface area contributed by atoms with Crippen LogP contribution in [-0.4, -0.2) is 30.5 Å². The second-order valence-electron chi connectivity index (χ2n) is 5.00. The molecule has 1 atom stereocenters. The maximum absolute atomic E-state index is 12.4. The van der Waals surface area contributed by atoms with Crippen molar-refractivity contribution in [1.82, 2.24) is 4.90 Å². The second kappa shape index (κ2) is 5.95. The molecule has 1 aromatic carbocycles. The van der Waals surface area contributed by atoms with Gasteiger partial charge in [-0.3, -0.25) is 4.79 Å². The number of nitrogens with zero attached hydrogens (tertiary/aromatic N) is 1. The number of anilines is 1. The summed E-state index contributed by atoms with van der Waals surface area (Å²) in [5.74, 6) is 1.36. The molecule has 1 aliphatic heterocycles. The van der Waals surface area contributed by atoms with Gasteiger partial charge >= 0.3 is 0 Å². The fourth-order valence-corrected chi connectivity index (χ4v) is 2.50. The molecular formula is C15H22N2O2. The Balaban J connectivity index is 2.09. The van der Waals surface area contributed by atoms with Gasteiger partial charge in [-0.15, -0.1) is 0 Å². The number of carbonyl (C=O) groups is 1. The van der Waals surface area contributed by atoms with Gasteiger partial charge in [0.25, 0.3) is 5.91 Å². The lowest BCUT2D eigenvalue weighted by Crippen LogP contribution is -2.28. The maximum atomic E-state index is 12.4. The first-order valence-corrected chi connectivity index (χ1v) is 6.97. The van der Waals surface area contributed by atoms with Crippen LogP contribution in [0.2, 0.25) is 0 Å². The number of nitrogens with two attached hydrogens (primary N) is 1. The molecule has 0 spiro atoms. The van der Waals surface area contributed by atoms with E-state index in [4.69, 9.17) is 10.5 Å². The van der Waals surface area contributed by atoms with E-state index in [2.05, 4.69) is 6.92 Å². The van der Waals surface area contributed by atoms with Gasteiger partial charge in [0.1, 0.15) is 5.75 Å². The minimum Gasteiger partial charge on any atom is -0.492 e. The van der Waals surface area contributed by atoms with Crippen molar-refractivity contribution < 1.29 is 9.53 Å². The van der Waals surface area contributed by atoms with Gasteiger partial charge in [0.2, 0.25) is 0 Å². The molecule has 1 heterocycles. The molecule has 4 heteroatoms. The zero-order chi connectivity index (χ0) is 13.8. The molecule has 2 N–H and O–H groups in total. The van der Waals surface area contributed by atoms with Crippen molar-refractivity contribution in [3.8, 4) is 5.75 Å². The molecule has 19 heavy (non-hydrogen) atoms. The van der Waals surface area contributed by atoms with E-state index in [0.29, 0.717) is 29.5 Å². The first kappa shape index (κ1) is 13.7. The lowest BCUT2D eigenvalue weighted by Gasteiger charge is -2.17. The smallest absolute Gasteiger partial charge is 0.253 e. The van der Waals surface area contributed by atoms with Crippen LogP contribution in [-0.2, 0) is 0 Å². The van der Waals surface area contributed by atoms with Crippen molar-refractivity contribution in [2.45, 2.75) is 26.7 Å². The van der Waals surface area contributed by atoms with Gasteiger partial charge in [-0.25, -0.2) is 0 Å². The second-order valence-corrected chi connectivity index (χ2v) is 5.00. The van der Waals surface area contributed by atoms with Crippen LogP contribution in [0.15, 0.2) is 18.2 Å². The number of ether oxygens (including phenoxy) is 1. The van der Waals surface area contributed by atoms with E-state index in [1.165, 1.54) is 0 Å². The molecule has 0 bridgehead atoms. The number of amides is 1. The van der Waals surface area contributed by atoms with Crippen LogP contribution >= 0.6 is 0 Å². The van der Waals surface area contributed by atoms with Crippen LogP contribution in [0, 0.1) is 5.92 Å². The fourth-order valence-electron chi connectivity index (χ4n) is 2.50. The normalized spacial score (nSPS) is 18.6. The first-order chi connectivity index (χ1) is 9.15. The van der Waals surface area contributed by atoms with Gasteiger partial charge in [-0.05, 0) is 37.5 Å². The zero-order valence-electron chi connectivity index (χ0n) is 11.7. The monoisotopic (exact) mass is 262 g/mol. The Labute approximate surface area is 114 Å². The molecular weight excluding hydrogens is 240 g/mol. The Kier molecular flexibility index (Phi) is 4.30. The Morgan fingerprint density at radius 2 is 2.26 bits per heavy atom. The van der Waals surface area contributed by atoms with Crippen LogP contribution < -0.4 is 10.5 Å². The summed E-state index contributed by atoms with van der Waals surface area (Å²) < 4.78 is 5.38. The van der Waals surface area contributed by atoms with Crippen LogP contribution in [0.1, 0.15) is 37.0 Å². The van der Waals surface area contributed by atoms with Crippen molar-refractivity contribution >= 4 is 11.6 Å². The zero-order valence-corrected chi connectivity index (χ0v) is 11.7. The van der Waals surface area contributed by atoms with Gasteiger partial charge < -0.3 is 15.4 Å². The molecule has 104 valence electrons. The number of benzene rings is 1. The van der Waals surface area contributed by atoms with Crippen molar-refractivity contribution in [1.29, 1.82) is 0 Å². The largest absolute Gasteiger partial charge is 0.492 e. The van der Waals surface area contributed by atoms with Gasteiger partial charge in [-0.2, -0.15) is 0 Å². The SMILES string of the molecule is CCOc1ccc(C(=O)N2CCC(CC)C2)cc1N. The number of likely N-dealkylation sites (tertiary alicyclic amines) is 1. The molecule has 1 aliphatic rings. The van der Waals surface area contributed by atoms with Gasteiger partial charge in [-0.1, -0.05) is 13.3 Å². The van der Waals surface area contributed by atoms with E-state index in [1.54, 1.807) is 18.2 Å². The Hall–Kier alpha value is -1.71. The Bertz CT molecular complexity index is 459. The summed E-state index contributed by atoms with van der Waals surface area (Å²) >= 11 is 0. The molecule has 1 saturated heterocycles. The average Bonchev–Trinajstić information content (AvgIpc) is 2.89. The molecule has 4 nitrogen and oxygen atoms in total. The molecule has 0 saturated carbocycles. The number of rotatable bonds is 4. The van der Waals surface area contributed by atoms with E-state index >= 15 is 0 Å². The molecule has 0 radical (unpaired) electrons. The average molecular weight is 262 g/mol. The van der Waals surface area contributed by atoms with Crippen molar-refractivity contribution in [3.63, 3.8) is 0 Å². The lowest BCUT2D eigenvalue weighted by atomic mass is 10.1. The standard InChI is InChI=1S/C15H22N2O2/c1-3-11-7-8-17(10-11)15(18)12-5-6-14(19-4-2)13(16)9-12/h5-6,9,11H,3-4,7-8,10,16H2,1-2H3. The van der Waals surface area contributed by atoms with E-state index < -0.39 is 0 Å². The molecule has 2 rings (SSSR count). The topological polar surface area (TPSA) is 55.6 Å². The van der Waals surface area contributed by atoms with Gasteiger partial charge in [0.15, 0.2) is 0 Å². The molecule has 1 unspecified atom stereocenters. The molecule has 0 aliphatic carbocycles. The predicted octanol–water partition coefficient (Wildman–Crippen LogP) is 2.54. The van der Waals surface area contributed by atoms with E-state index in [1.807, 2.05) is 11.8 Å². The third kappa shape index (κ3) is 3.00. The van der Waals surface area contributed by atoms with Crippen LogP contribution in [0.4, 0.5) is 5.69 Å². The molecule has 0 aromatic heterocycles. The summed E-state index contributed by atoms with van der Waals surface area (Å²) in [6.07, 6.45) is 2.24. The number of nitrogen functional groups attached to an aromatic ring is 1. The highest BCUT2D eigenvalue weighted by Crippen LogP contribution is 2.25. The number of hydrogen-bond donors (Lipinski definition) is 1. The third-order valence-corrected chi connectivity index (χ3v) is 3.71. The lowest BCUT2D eigenvalue weighted by molar-refractivity contribution is 0.0787. The summed E-state index contributed by atoms with van der Waals surface area (Å²) in [5, 5.41) is 0. The highest BCUT2D eigenvalue weighted by Gasteiger charge is 2.25. The van der Waals surface area contributed by atoms with Crippen molar-refractivity contribution in [3.05, 3.63) is 23.8 Å². The Morgan fingerprint density at radius 3 is 2.84 bits per heavy atom. The molecule has 1 fully saturated rings. The van der Waals surface area contributed by atoms with E-state index in [0.717, 1.165) is 25.9 Å². The quantitative estimate of drug-likeness (QED) is 0.848. The predicted molar refractivity (Wildman–Crippen MR) is 76.3 cm³/mol. The molecule has 1 aromatic rings. The molecule has 1 amide bonds. The third-order valence-electron chi connectivity index (χ3n) is 3.71. The summed E-state index contributed by atoms with van der Waals surface area (Å²) in [6, 6.07) is 5.29. The van der Waals surface area contributed by atoms with Crippen LogP contribution in [0.5, 0.6) is 5.75 Å². The highest BCUT2D eigenvalue weighted by atomic mass is 16.5. The van der Waals surface area contributed by atoms with Crippen molar-refractivity contribution in [2.75, 3.05) is 25.4 Å². The number of carbonyl (C=O) groups excluding carboxylic acids is 1. The minimum atomic E-state index is 0.0747. The maximum Gasteiger partial charge on any atom is 0.253 e. The van der Waals surface area contributed by atoms with Crippen LogP contribution in [0.3, 0.4) is 0 Å². The highest BCUT2D eigenvalue weighted by molar-refractivity contribution is 5.95. The Morgan fingerprint density at radius 1 is 1.47 bits per heavy atom. The summed E-state index contributed by atoms with van der Waals surface area (Å²) in [6.45, 7) is 6.37. The van der Waals surface area contributed by atoms with Crippen LogP contribution in [0.25, 0.3) is 0 Å². The van der Waals surface area contributed by atoms with E-state index in [9.17, 15) is 4.79 Å². The van der Waals surface area contributed by atoms with Gasteiger partial charge in [0, 0.05) is 18.7 Å². The summed E-state index contributed by atoms with van der Waals surface area (Å²) in [5.41, 5.74) is 7.08. The van der Waals surface area contributed by atoms with Gasteiger partial charge in [0.05, 0.1) is 12.3 Å². The van der Waals surface area contributed by atoms with E-state index in [-0.39, 0.29) is 5.91 Å². The summed E-state index contributed by atoms with van der Waals surface area (Å²) in [4.78, 5) is 14.3. The van der Waals surface area contributed by atoms with Crippen molar-refractivity contribution in [2.24, 2.45) is 5.92 Å². The summed E-state index contributed by atoms with van der Waals surface area (Å²) in [7, 11) is 0.